The number of nitrogens with zero attached hydrogens (tertiary/aromatic N) is 3. The van der Waals surface area contributed by atoms with Crippen LogP contribution in [0.1, 0.15) is 32.5 Å². The van der Waals surface area contributed by atoms with Gasteiger partial charge < -0.3 is 14.0 Å². The van der Waals surface area contributed by atoms with E-state index >= 15 is 0 Å². The van der Waals surface area contributed by atoms with E-state index < -0.39 is 23.2 Å². The summed E-state index contributed by atoms with van der Waals surface area (Å²) in [5, 5.41) is 0. The molecule has 2 heterocycles. The molecule has 0 aliphatic carbocycles. The Hall–Kier alpha value is -3.17. The Morgan fingerprint density at radius 2 is 1.81 bits per heavy atom. The van der Waals surface area contributed by atoms with Crippen molar-refractivity contribution in [1.29, 1.82) is 0 Å². The van der Waals surface area contributed by atoms with Crippen LogP contribution in [0.15, 0.2) is 21.7 Å². The van der Waals surface area contributed by atoms with Crippen LogP contribution in [0.5, 0.6) is 0 Å². The number of hydrogen-bond acceptors (Lipinski definition) is 7. The zero-order valence-electron chi connectivity index (χ0n) is 15.5. The standard InChI is InChI=1S/C17H22N4O6/c1-4-6-9-21-15-14(16(24)19-17(21)25)20(3)11(18-15)10-27-13(23)8-7-12(22)26-5-2/h7-8H,4-6,9-10H2,1-3H3,(H,19,24,25)/b8-7+. The number of aromatic amines is 1. The van der Waals surface area contributed by atoms with Crippen molar-refractivity contribution in [2.75, 3.05) is 6.61 Å². The lowest BCUT2D eigenvalue weighted by Crippen LogP contribution is -2.31. The van der Waals surface area contributed by atoms with Gasteiger partial charge in [-0.2, -0.15) is 0 Å². The third kappa shape index (κ3) is 4.72. The Labute approximate surface area is 154 Å². The average molecular weight is 378 g/mol. The SMILES string of the molecule is CCCCn1c(=O)[nH]c(=O)c2c1nc(COC(=O)/C=C/C(=O)OCC)n2C. The number of H-pyrrole nitrogens is 1. The van der Waals surface area contributed by atoms with Gasteiger partial charge in [0.05, 0.1) is 6.61 Å². The maximum atomic E-state index is 12.1. The minimum absolute atomic E-state index is 0.201. The summed E-state index contributed by atoms with van der Waals surface area (Å²) in [5.41, 5.74) is -0.621. The van der Waals surface area contributed by atoms with Gasteiger partial charge in [0, 0.05) is 25.7 Å². The largest absolute Gasteiger partial charge is 0.463 e. The van der Waals surface area contributed by atoms with E-state index in [-0.39, 0.29) is 24.4 Å². The van der Waals surface area contributed by atoms with E-state index in [9.17, 15) is 19.2 Å². The Morgan fingerprint density at radius 3 is 2.44 bits per heavy atom. The van der Waals surface area contributed by atoms with Gasteiger partial charge in [0.25, 0.3) is 5.56 Å². The average Bonchev–Trinajstić information content (AvgIpc) is 2.95. The van der Waals surface area contributed by atoms with Crippen LogP contribution in [0.25, 0.3) is 11.2 Å². The lowest BCUT2D eigenvalue weighted by atomic mass is 10.3. The summed E-state index contributed by atoms with van der Waals surface area (Å²) >= 11 is 0. The van der Waals surface area contributed by atoms with Crippen LogP contribution in [-0.2, 0) is 39.3 Å². The molecule has 2 aromatic rings. The third-order valence-corrected chi connectivity index (χ3v) is 3.83. The maximum Gasteiger partial charge on any atom is 0.331 e. The second kappa shape index (κ2) is 8.97. The summed E-state index contributed by atoms with van der Waals surface area (Å²) in [6.07, 6.45) is 3.54. The van der Waals surface area contributed by atoms with Crippen molar-refractivity contribution < 1.29 is 19.1 Å². The first-order valence-electron chi connectivity index (χ1n) is 8.59. The molecule has 0 fully saturated rings. The molecule has 0 aliphatic rings. The summed E-state index contributed by atoms with van der Waals surface area (Å²) < 4.78 is 12.6. The highest BCUT2D eigenvalue weighted by atomic mass is 16.5. The fraction of sp³-hybridized carbons (Fsp3) is 0.471. The molecule has 0 aliphatic heterocycles. The van der Waals surface area contributed by atoms with E-state index in [1.165, 1.54) is 9.13 Å². The number of nitrogens with one attached hydrogen (secondary N) is 1. The molecule has 0 atom stereocenters. The number of fused-ring (bicyclic) bond motifs is 1. The Kier molecular flexibility index (Phi) is 6.69. The Bertz CT molecular complexity index is 982. The lowest BCUT2D eigenvalue weighted by molar-refractivity contribution is -0.141. The van der Waals surface area contributed by atoms with E-state index in [1.807, 2.05) is 6.92 Å². The number of imidazole rings is 1. The molecule has 27 heavy (non-hydrogen) atoms. The molecule has 2 rings (SSSR count). The lowest BCUT2D eigenvalue weighted by Gasteiger charge is -2.04. The van der Waals surface area contributed by atoms with E-state index in [0.29, 0.717) is 12.4 Å². The molecule has 1 N–H and O–H groups in total. The molecule has 0 saturated carbocycles. The van der Waals surface area contributed by atoms with Crippen molar-refractivity contribution in [3.63, 3.8) is 0 Å². The number of unbranched alkanes of at least 4 members (excludes halogenated alkanes) is 1. The van der Waals surface area contributed by atoms with Gasteiger partial charge in [0.15, 0.2) is 11.2 Å². The Morgan fingerprint density at radius 1 is 1.15 bits per heavy atom. The quantitative estimate of drug-likeness (QED) is 0.520. The molecule has 0 saturated heterocycles. The second-order valence-corrected chi connectivity index (χ2v) is 5.72. The maximum absolute atomic E-state index is 12.1. The van der Waals surface area contributed by atoms with Crippen molar-refractivity contribution >= 4 is 23.1 Å². The van der Waals surface area contributed by atoms with Crippen LogP contribution < -0.4 is 11.2 Å². The zero-order chi connectivity index (χ0) is 20.0. The number of esters is 2. The molecule has 0 radical (unpaired) electrons. The first-order valence-corrected chi connectivity index (χ1v) is 8.59. The Balaban J connectivity index is 2.24. The fourth-order valence-corrected chi connectivity index (χ4v) is 2.45. The van der Waals surface area contributed by atoms with Crippen LogP contribution in [0.2, 0.25) is 0 Å². The van der Waals surface area contributed by atoms with E-state index in [2.05, 4.69) is 14.7 Å². The van der Waals surface area contributed by atoms with Crippen LogP contribution in [0, 0.1) is 0 Å². The van der Waals surface area contributed by atoms with Crippen LogP contribution in [-0.4, -0.2) is 37.6 Å². The van der Waals surface area contributed by atoms with Crippen LogP contribution >= 0.6 is 0 Å². The zero-order valence-corrected chi connectivity index (χ0v) is 15.5. The summed E-state index contributed by atoms with van der Waals surface area (Å²) in [6.45, 7) is 4.03. The molecule has 0 amide bonds. The number of hydrogen-bond donors (Lipinski definition) is 1. The number of carbonyl (C=O) groups is 2. The van der Waals surface area contributed by atoms with Crippen molar-refractivity contribution in [3.05, 3.63) is 38.8 Å². The second-order valence-electron chi connectivity index (χ2n) is 5.72. The number of carbonyl (C=O) groups excluding carboxylic acids is 2. The van der Waals surface area contributed by atoms with Gasteiger partial charge in [0.2, 0.25) is 0 Å². The molecule has 0 unspecified atom stereocenters. The summed E-state index contributed by atoms with van der Waals surface area (Å²) in [4.78, 5) is 53.7. The summed E-state index contributed by atoms with van der Waals surface area (Å²) in [7, 11) is 1.59. The minimum Gasteiger partial charge on any atom is -0.463 e. The number of rotatable bonds is 8. The normalized spacial score (nSPS) is 11.2. The van der Waals surface area contributed by atoms with Crippen LogP contribution in [0.4, 0.5) is 0 Å². The van der Waals surface area contributed by atoms with Crippen molar-refractivity contribution in [3.8, 4) is 0 Å². The predicted octanol–water partition coefficient (Wildman–Crippen LogP) is 0.386. The van der Waals surface area contributed by atoms with Crippen molar-refractivity contribution in [2.45, 2.75) is 39.8 Å². The first kappa shape index (κ1) is 20.1. The fourth-order valence-electron chi connectivity index (χ4n) is 2.45. The molecule has 10 heteroatoms. The molecule has 0 bridgehead atoms. The minimum atomic E-state index is -0.757. The number of ether oxygens (including phenoxy) is 2. The third-order valence-electron chi connectivity index (χ3n) is 3.83. The molecule has 0 spiro atoms. The van der Waals surface area contributed by atoms with Gasteiger partial charge in [-0.05, 0) is 13.3 Å². The van der Waals surface area contributed by atoms with E-state index in [4.69, 9.17) is 4.74 Å². The molecule has 146 valence electrons. The van der Waals surface area contributed by atoms with Gasteiger partial charge in [-0.3, -0.25) is 14.3 Å². The van der Waals surface area contributed by atoms with Gasteiger partial charge in [-0.25, -0.2) is 19.4 Å². The smallest absolute Gasteiger partial charge is 0.331 e. The number of aromatic nitrogens is 4. The summed E-state index contributed by atoms with van der Waals surface area (Å²) in [5.74, 6) is -1.11. The van der Waals surface area contributed by atoms with Crippen molar-refractivity contribution in [1.82, 2.24) is 19.1 Å². The van der Waals surface area contributed by atoms with Crippen LogP contribution in [0.3, 0.4) is 0 Å². The van der Waals surface area contributed by atoms with E-state index in [0.717, 1.165) is 25.0 Å². The van der Waals surface area contributed by atoms with Gasteiger partial charge in [-0.15, -0.1) is 0 Å². The molecule has 2 aromatic heterocycles. The van der Waals surface area contributed by atoms with Gasteiger partial charge >= 0.3 is 17.6 Å². The van der Waals surface area contributed by atoms with Crippen molar-refractivity contribution in [2.24, 2.45) is 7.05 Å². The van der Waals surface area contributed by atoms with Gasteiger partial charge in [0.1, 0.15) is 12.4 Å². The molecular weight excluding hydrogens is 356 g/mol. The highest BCUT2D eigenvalue weighted by molar-refractivity contribution is 5.91. The monoisotopic (exact) mass is 378 g/mol. The van der Waals surface area contributed by atoms with E-state index in [1.54, 1.807) is 14.0 Å². The highest BCUT2D eigenvalue weighted by Gasteiger charge is 2.17. The first-order chi connectivity index (χ1) is 12.9. The highest BCUT2D eigenvalue weighted by Crippen LogP contribution is 2.11. The topological polar surface area (TPSA) is 125 Å². The summed E-state index contributed by atoms with van der Waals surface area (Å²) in [6, 6.07) is 0. The molecule has 0 aromatic carbocycles. The number of aryl methyl sites for hydroxylation is 2. The molecular formula is C17H22N4O6. The predicted molar refractivity (Wildman–Crippen MR) is 96.1 cm³/mol. The van der Waals surface area contributed by atoms with Gasteiger partial charge in [-0.1, -0.05) is 13.3 Å². The molecule has 10 nitrogen and oxygen atoms in total.